The van der Waals surface area contributed by atoms with Crippen LogP contribution in [0.25, 0.3) is 0 Å². The van der Waals surface area contributed by atoms with Gasteiger partial charge in [-0.25, -0.2) is 4.98 Å². The third kappa shape index (κ3) is 4.12. The van der Waals surface area contributed by atoms with Gasteiger partial charge in [-0.3, -0.25) is 5.10 Å². The Kier molecular flexibility index (Phi) is 5.33. The van der Waals surface area contributed by atoms with E-state index in [-0.39, 0.29) is 0 Å². The Morgan fingerprint density at radius 2 is 2.09 bits per heavy atom. The van der Waals surface area contributed by atoms with E-state index in [0.29, 0.717) is 0 Å². The first-order valence-corrected chi connectivity index (χ1v) is 9.34. The van der Waals surface area contributed by atoms with Crippen molar-refractivity contribution in [3.05, 3.63) is 28.0 Å². The lowest BCUT2D eigenvalue weighted by atomic mass is 10.1. The number of H-pyrrole nitrogens is 1. The van der Waals surface area contributed by atoms with E-state index >= 15 is 0 Å². The summed E-state index contributed by atoms with van der Waals surface area (Å²) in [5, 5.41) is 8.55. The first kappa shape index (κ1) is 16.5. The summed E-state index contributed by atoms with van der Waals surface area (Å²) in [6.07, 6.45) is 6.93. The lowest BCUT2D eigenvalue weighted by molar-refractivity contribution is 0.324. The molecule has 0 aromatic carbocycles. The van der Waals surface area contributed by atoms with Crippen LogP contribution in [0.1, 0.15) is 41.1 Å². The summed E-state index contributed by atoms with van der Waals surface area (Å²) in [7, 11) is 2.20. The van der Waals surface area contributed by atoms with Crippen molar-refractivity contribution in [2.75, 3.05) is 31.6 Å². The predicted molar refractivity (Wildman–Crippen MR) is 96.3 cm³/mol. The minimum Gasteiger partial charge on any atom is -0.348 e. The Morgan fingerprint density at radius 1 is 1.30 bits per heavy atom. The summed E-state index contributed by atoms with van der Waals surface area (Å²) in [6.45, 7) is 8.63. The standard InChI is InChI=1S/C17H27N5S/c1-13-16(14(2)20-19-13)7-6-8-21(3)12-15-11-18-17(23-15)22-9-4-5-10-22/h11H,4-10,12H2,1-3H3,(H,19,20). The van der Waals surface area contributed by atoms with Gasteiger partial charge in [-0.05, 0) is 58.7 Å². The molecule has 0 aliphatic carbocycles. The molecule has 23 heavy (non-hydrogen) atoms. The molecule has 1 fully saturated rings. The van der Waals surface area contributed by atoms with Crippen LogP contribution in [0.15, 0.2) is 6.20 Å². The second kappa shape index (κ2) is 7.45. The van der Waals surface area contributed by atoms with Gasteiger partial charge in [0.25, 0.3) is 0 Å². The summed E-state index contributed by atoms with van der Waals surface area (Å²) in [5.74, 6) is 0. The Morgan fingerprint density at radius 3 is 2.78 bits per heavy atom. The lowest BCUT2D eigenvalue weighted by Gasteiger charge is -2.15. The number of nitrogens with zero attached hydrogens (tertiary/aromatic N) is 4. The molecule has 0 spiro atoms. The van der Waals surface area contributed by atoms with E-state index in [1.54, 1.807) is 0 Å². The highest BCUT2D eigenvalue weighted by Crippen LogP contribution is 2.26. The van der Waals surface area contributed by atoms with Crippen LogP contribution in [-0.4, -0.2) is 46.8 Å². The van der Waals surface area contributed by atoms with Gasteiger partial charge in [0.2, 0.25) is 0 Å². The van der Waals surface area contributed by atoms with Crippen LogP contribution in [0.3, 0.4) is 0 Å². The van der Waals surface area contributed by atoms with E-state index < -0.39 is 0 Å². The van der Waals surface area contributed by atoms with Crippen molar-refractivity contribution in [2.45, 2.75) is 46.1 Å². The number of hydrogen-bond donors (Lipinski definition) is 1. The van der Waals surface area contributed by atoms with Crippen LogP contribution < -0.4 is 4.90 Å². The Hall–Kier alpha value is -1.40. The Bertz CT molecular complexity index is 607. The van der Waals surface area contributed by atoms with E-state index in [2.05, 4.69) is 52.1 Å². The third-order valence-electron chi connectivity index (χ3n) is 4.59. The first-order valence-electron chi connectivity index (χ1n) is 8.52. The molecule has 3 heterocycles. The molecule has 6 heteroatoms. The fourth-order valence-electron chi connectivity index (χ4n) is 3.24. The number of hydrogen-bond acceptors (Lipinski definition) is 5. The zero-order valence-electron chi connectivity index (χ0n) is 14.4. The van der Waals surface area contributed by atoms with Gasteiger partial charge in [-0.2, -0.15) is 5.10 Å². The van der Waals surface area contributed by atoms with Crippen molar-refractivity contribution in [1.82, 2.24) is 20.1 Å². The zero-order chi connectivity index (χ0) is 16.2. The monoisotopic (exact) mass is 333 g/mol. The van der Waals surface area contributed by atoms with E-state index in [1.165, 1.54) is 47.2 Å². The van der Waals surface area contributed by atoms with E-state index in [9.17, 15) is 0 Å². The van der Waals surface area contributed by atoms with Crippen molar-refractivity contribution >= 4 is 16.5 Å². The Balaban J connectivity index is 1.45. The molecule has 0 radical (unpaired) electrons. The summed E-state index contributed by atoms with van der Waals surface area (Å²) in [5.41, 5.74) is 3.73. The predicted octanol–water partition coefficient (Wildman–Crippen LogP) is 3.15. The van der Waals surface area contributed by atoms with Gasteiger partial charge in [0.05, 0.1) is 5.69 Å². The molecule has 1 aliphatic heterocycles. The first-order chi connectivity index (χ1) is 11.1. The average molecular weight is 334 g/mol. The maximum atomic E-state index is 4.60. The van der Waals surface area contributed by atoms with Gasteiger partial charge in [0.15, 0.2) is 5.13 Å². The number of nitrogens with one attached hydrogen (secondary N) is 1. The van der Waals surface area contributed by atoms with Crippen LogP contribution in [-0.2, 0) is 13.0 Å². The van der Waals surface area contributed by atoms with Crippen LogP contribution >= 0.6 is 11.3 Å². The molecule has 2 aromatic rings. The Labute approximate surface area is 142 Å². The van der Waals surface area contributed by atoms with Crippen molar-refractivity contribution < 1.29 is 0 Å². The molecule has 0 saturated carbocycles. The van der Waals surface area contributed by atoms with Gasteiger partial charge in [-0.1, -0.05) is 0 Å². The lowest BCUT2D eigenvalue weighted by Crippen LogP contribution is -2.19. The van der Waals surface area contributed by atoms with Gasteiger partial charge in [0.1, 0.15) is 0 Å². The van der Waals surface area contributed by atoms with Crippen LogP contribution in [0.5, 0.6) is 0 Å². The van der Waals surface area contributed by atoms with Crippen LogP contribution in [0.4, 0.5) is 5.13 Å². The molecular weight excluding hydrogens is 306 g/mol. The molecule has 0 unspecified atom stereocenters. The maximum absolute atomic E-state index is 4.60. The minimum absolute atomic E-state index is 0.995. The fraction of sp³-hybridized carbons (Fsp3) is 0.647. The summed E-state index contributed by atoms with van der Waals surface area (Å²) in [6, 6.07) is 0. The quantitative estimate of drug-likeness (QED) is 0.845. The van der Waals surface area contributed by atoms with E-state index in [1.807, 2.05) is 11.3 Å². The zero-order valence-corrected chi connectivity index (χ0v) is 15.2. The highest BCUT2D eigenvalue weighted by molar-refractivity contribution is 7.15. The topological polar surface area (TPSA) is 48.1 Å². The second-order valence-electron chi connectivity index (χ2n) is 6.56. The number of anilines is 1. The SMILES string of the molecule is Cc1n[nH]c(C)c1CCCN(C)Cc1cnc(N2CCCC2)s1. The number of aromatic amines is 1. The number of aromatic nitrogens is 3. The van der Waals surface area contributed by atoms with Gasteiger partial charge >= 0.3 is 0 Å². The largest absolute Gasteiger partial charge is 0.348 e. The van der Waals surface area contributed by atoms with Crippen molar-refractivity contribution in [3.63, 3.8) is 0 Å². The molecule has 0 amide bonds. The van der Waals surface area contributed by atoms with Gasteiger partial charge in [-0.15, -0.1) is 11.3 Å². The number of rotatable bonds is 7. The molecule has 126 valence electrons. The van der Waals surface area contributed by atoms with Crippen LogP contribution in [0.2, 0.25) is 0 Å². The molecule has 5 nitrogen and oxygen atoms in total. The third-order valence-corrected chi connectivity index (χ3v) is 5.63. The van der Waals surface area contributed by atoms with Crippen LogP contribution in [0, 0.1) is 13.8 Å². The number of aryl methyl sites for hydroxylation is 2. The second-order valence-corrected chi connectivity index (χ2v) is 7.65. The molecule has 1 N–H and O–H groups in total. The van der Waals surface area contributed by atoms with Crippen molar-refractivity contribution in [3.8, 4) is 0 Å². The van der Waals surface area contributed by atoms with E-state index in [0.717, 1.165) is 31.6 Å². The smallest absolute Gasteiger partial charge is 0.185 e. The molecule has 2 aromatic heterocycles. The highest BCUT2D eigenvalue weighted by Gasteiger charge is 2.16. The normalized spacial score (nSPS) is 15.0. The molecule has 0 atom stereocenters. The summed E-state index contributed by atoms with van der Waals surface area (Å²) < 4.78 is 0. The fourth-order valence-corrected chi connectivity index (χ4v) is 4.28. The molecular formula is C17H27N5S. The highest BCUT2D eigenvalue weighted by atomic mass is 32.1. The van der Waals surface area contributed by atoms with Gasteiger partial charge < -0.3 is 9.80 Å². The average Bonchev–Trinajstić information content (AvgIpc) is 3.24. The van der Waals surface area contributed by atoms with Crippen molar-refractivity contribution in [1.29, 1.82) is 0 Å². The van der Waals surface area contributed by atoms with E-state index in [4.69, 9.17) is 0 Å². The van der Waals surface area contributed by atoms with Crippen molar-refractivity contribution in [2.24, 2.45) is 0 Å². The molecule has 0 bridgehead atoms. The number of thiazole rings is 1. The van der Waals surface area contributed by atoms with Gasteiger partial charge in [0, 0.05) is 36.4 Å². The minimum atomic E-state index is 0.995. The summed E-state index contributed by atoms with van der Waals surface area (Å²) >= 11 is 1.85. The molecule has 3 rings (SSSR count). The summed E-state index contributed by atoms with van der Waals surface area (Å²) in [4.78, 5) is 10.8. The molecule has 1 aliphatic rings. The molecule has 1 saturated heterocycles. The maximum Gasteiger partial charge on any atom is 0.185 e.